The number of ether oxygens (including phenoxy) is 2. The summed E-state index contributed by atoms with van der Waals surface area (Å²) in [6, 6.07) is 3.23. The van der Waals surface area contributed by atoms with Crippen molar-refractivity contribution in [2.24, 2.45) is 4.99 Å². The van der Waals surface area contributed by atoms with Gasteiger partial charge in [0.2, 0.25) is 5.91 Å². The van der Waals surface area contributed by atoms with E-state index in [1.165, 1.54) is 0 Å². The van der Waals surface area contributed by atoms with Gasteiger partial charge < -0.3 is 19.7 Å². The molecule has 0 saturated heterocycles. The highest BCUT2D eigenvalue weighted by Crippen LogP contribution is 2.41. The molecule has 0 unspecified atom stereocenters. The number of benzene rings is 1. The maximum absolute atomic E-state index is 12.2. The van der Waals surface area contributed by atoms with Crippen molar-refractivity contribution in [2.45, 2.75) is 27.2 Å². The lowest BCUT2D eigenvalue weighted by Crippen LogP contribution is -2.14. The molecule has 1 aromatic rings. The fourth-order valence-corrected chi connectivity index (χ4v) is 3.77. The predicted octanol–water partition coefficient (Wildman–Crippen LogP) is 4.35. The zero-order valence-electron chi connectivity index (χ0n) is 15.6. The minimum absolute atomic E-state index is 0.0363. The van der Waals surface area contributed by atoms with Crippen molar-refractivity contribution in [3.05, 3.63) is 38.4 Å². The number of halogens is 1. The van der Waals surface area contributed by atoms with Gasteiger partial charge in [0, 0.05) is 6.42 Å². The standard InChI is InChI=1S/C19H20BrNO6S/c1-4-14(22)21-18-15(19(25)27-6-3)17(24)13(28-18)9-10-7-11(20)16(23)12(8-10)26-5-2/h7-9,23-24H,4-6H2,1-3H3/b13-9-,21-18?. The zero-order valence-corrected chi connectivity index (χ0v) is 18.0. The molecule has 0 saturated carbocycles. The number of nitrogens with zero attached hydrogens (tertiary/aromatic N) is 1. The Labute approximate surface area is 175 Å². The molecule has 0 spiro atoms. The van der Waals surface area contributed by atoms with Gasteiger partial charge in [-0.3, -0.25) is 4.79 Å². The highest BCUT2D eigenvalue weighted by Gasteiger charge is 2.33. The van der Waals surface area contributed by atoms with Crippen LogP contribution >= 0.6 is 27.7 Å². The van der Waals surface area contributed by atoms with Crippen LogP contribution in [0.3, 0.4) is 0 Å². The van der Waals surface area contributed by atoms with Crippen molar-refractivity contribution in [1.82, 2.24) is 0 Å². The Morgan fingerprint density at radius 3 is 2.54 bits per heavy atom. The second-order valence-electron chi connectivity index (χ2n) is 5.50. The number of carbonyl (C=O) groups is 2. The Morgan fingerprint density at radius 2 is 1.93 bits per heavy atom. The number of phenols is 1. The van der Waals surface area contributed by atoms with E-state index in [0.29, 0.717) is 21.5 Å². The first-order chi connectivity index (χ1) is 13.3. The lowest BCUT2D eigenvalue weighted by atomic mass is 10.1. The van der Waals surface area contributed by atoms with E-state index in [1.54, 1.807) is 39.0 Å². The normalized spacial score (nSPS) is 16.7. The van der Waals surface area contributed by atoms with Crippen LogP contribution in [0.4, 0.5) is 0 Å². The molecule has 2 N–H and O–H groups in total. The van der Waals surface area contributed by atoms with E-state index < -0.39 is 11.9 Å². The molecule has 0 bridgehead atoms. The number of aliphatic hydroxyl groups excluding tert-OH is 1. The van der Waals surface area contributed by atoms with Gasteiger partial charge in [-0.05, 0) is 53.5 Å². The molecular formula is C19H20BrNO6S. The molecule has 0 radical (unpaired) electrons. The summed E-state index contributed by atoms with van der Waals surface area (Å²) >= 11 is 4.25. The van der Waals surface area contributed by atoms with Crippen LogP contribution in [-0.2, 0) is 14.3 Å². The number of thioether (sulfide) groups is 1. The number of phenolic OH excluding ortho intramolecular Hbond substituents is 1. The molecule has 1 aliphatic heterocycles. The topological polar surface area (TPSA) is 105 Å². The number of esters is 1. The first kappa shape index (κ1) is 22.0. The maximum atomic E-state index is 12.2. The van der Waals surface area contributed by atoms with E-state index in [4.69, 9.17) is 9.47 Å². The molecule has 7 nitrogen and oxygen atoms in total. The lowest BCUT2D eigenvalue weighted by Gasteiger charge is -2.09. The van der Waals surface area contributed by atoms with Crippen molar-refractivity contribution in [1.29, 1.82) is 0 Å². The molecule has 0 fully saturated rings. The van der Waals surface area contributed by atoms with Crippen molar-refractivity contribution in [3.8, 4) is 11.5 Å². The van der Waals surface area contributed by atoms with Gasteiger partial charge in [-0.1, -0.05) is 18.7 Å². The van der Waals surface area contributed by atoms with Crippen LogP contribution in [0.5, 0.6) is 11.5 Å². The third-order valence-electron chi connectivity index (χ3n) is 3.55. The van der Waals surface area contributed by atoms with Gasteiger partial charge in [0.25, 0.3) is 0 Å². The van der Waals surface area contributed by atoms with Gasteiger partial charge in [0.15, 0.2) is 11.5 Å². The first-order valence-corrected chi connectivity index (χ1v) is 10.2. The number of aromatic hydroxyl groups is 1. The Hall–Kier alpha value is -2.26. The molecule has 0 atom stereocenters. The van der Waals surface area contributed by atoms with Crippen molar-refractivity contribution in [2.75, 3.05) is 13.2 Å². The smallest absolute Gasteiger partial charge is 0.344 e. The third kappa shape index (κ3) is 4.96. The highest BCUT2D eigenvalue weighted by atomic mass is 79.9. The number of aliphatic hydroxyl groups is 1. The third-order valence-corrected chi connectivity index (χ3v) is 5.17. The van der Waals surface area contributed by atoms with Gasteiger partial charge in [-0.15, -0.1) is 0 Å². The van der Waals surface area contributed by atoms with Crippen molar-refractivity contribution in [3.63, 3.8) is 0 Å². The number of aliphatic imine (C=N–C) groups is 1. The monoisotopic (exact) mass is 469 g/mol. The minimum atomic E-state index is -0.750. The zero-order chi connectivity index (χ0) is 20.8. The molecule has 1 heterocycles. The summed E-state index contributed by atoms with van der Waals surface area (Å²) in [6.07, 6.45) is 1.77. The summed E-state index contributed by atoms with van der Waals surface area (Å²) in [6.45, 7) is 5.57. The molecule has 28 heavy (non-hydrogen) atoms. The summed E-state index contributed by atoms with van der Waals surface area (Å²) in [5.74, 6) is -1.24. The number of hydrogen-bond acceptors (Lipinski definition) is 7. The van der Waals surface area contributed by atoms with Gasteiger partial charge in [-0.2, -0.15) is 0 Å². The Bertz CT molecular complexity index is 891. The fraction of sp³-hybridized carbons (Fsp3) is 0.316. The molecule has 1 amide bonds. The summed E-state index contributed by atoms with van der Waals surface area (Å²) in [4.78, 5) is 28.2. The quantitative estimate of drug-likeness (QED) is 0.596. The largest absolute Gasteiger partial charge is 0.506 e. The summed E-state index contributed by atoms with van der Waals surface area (Å²) in [5.41, 5.74) is 0.469. The fourth-order valence-electron chi connectivity index (χ4n) is 2.28. The SMILES string of the molecule is CCOC(=O)C1=C(O)/C(=C/c2cc(Br)c(O)c(OCC)c2)SC1=NC(=O)CC. The van der Waals surface area contributed by atoms with E-state index in [9.17, 15) is 19.8 Å². The predicted molar refractivity (Wildman–Crippen MR) is 112 cm³/mol. The Balaban J connectivity index is 2.52. The Morgan fingerprint density at radius 1 is 1.21 bits per heavy atom. The summed E-state index contributed by atoms with van der Waals surface area (Å²) in [7, 11) is 0. The van der Waals surface area contributed by atoms with Crippen LogP contribution < -0.4 is 4.74 Å². The van der Waals surface area contributed by atoms with E-state index in [2.05, 4.69) is 20.9 Å². The molecule has 1 aliphatic rings. The van der Waals surface area contributed by atoms with Crippen molar-refractivity contribution < 1.29 is 29.3 Å². The van der Waals surface area contributed by atoms with E-state index >= 15 is 0 Å². The molecular weight excluding hydrogens is 450 g/mol. The molecule has 1 aromatic carbocycles. The van der Waals surface area contributed by atoms with E-state index in [1.807, 2.05) is 0 Å². The number of carbonyl (C=O) groups excluding carboxylic acids is 2. The van der Waals surface area contributed by atoms with Crippen LogP contribution in [0.2, 0.25) is 0 Å². The molecule has 0 aromatic heterocycles. The molecule has 9 heteroatoms. The van der Waals surface area contributed by atoms with Crippen LogP contribution in [0, 0.1) is 0 Å². The van der Waals surface area contributed by atoms with E-state index in [0.717, 1.165) is 11.8 Å². The molecule has 2 rings (SSSR count). The molecule has 150 valence electrons. The highest BCUT2D eigenvalue weighted by molar-refractivity contribution is 9.10. The van der Waals surface area contributed by atoms with Gasteiger partial charge in [0.05, 0.1) is 22.6 Å². The first-order valence-electron chi connectivity index (χ1n) is 8.59. The number of rotatable bonds is 6. The lowest BCUT2D eigenvalue weighted by molar-refractivity contribution is -0.138. The van der Waals surface area contributed by atoms with E-state index in [-0.39, 0.29) is 40.9 Å². The summed E-state index contributed by atoms with van der Waals surface area (Å²) in [5, 5.41) is 20.7. The van der Waals surface area contributed by atoms with Gasteiger partial charge in [-0.25, -0.2) is 9.79 Å². The molecule has 0 aliphatic carbocycles. The minimum Gasteiger partial charge on any atom is -0.506 e. The van der Waals surface area contributed by atoms with Crippen molar-refractivity contribution >= 4 is 50.7 Å². The van der Waals surface area contributed by atoms with Crippen LogP contribution in [0.15, 0.2) is 37.8 Å². The van der Waals surface area contributed by atoms with Crippen LogP contribution in [-0.4, -0.2) is 40.3 Å². The second-order valence-corrected chi connectivity index (χ2v) is 7.39. The number of amides is 1. The Kier molecular flexibility index (Phi) is 7.70. The average Bonchev–Trinajstić information content (AvgIpc) is 2.94. The van der Waals surface area contributed by atoms with Gasteiger partial charge >= 0.3 is 5.97 Å². The summed E-state index contributed by atoms with van der Waals surface area (Å²) < 4.78 is 10.8. The number of hydrogen-bond donors (Lipinski definition) is 2. The van der Waals surface area contributed by atoms with Crippen LogP contribution in [0.1, 0.15) is 32.8 Å². The van der Waals surface area contributed by atoms with Crippen LogP contribution in [0.25, 0.3) is 6.08 Å². The second kappa shape index (κ2) is 9.79. The maximum Gasteiger partial charge on any atom is 0.344 e. The van der Waals surface area contributed by atoms with Gasteiger partial charge in [0.1, 0.15) is 16.4 Å². The average molecular weight is 470 g/mol.